The SMILES string of the molecule is CSc1sc(C(C)=O)c(Cl)c1S(=O)(=O)C(C)C. The highest BCUT2D eigenvalue weighted by atomic mass is 35.5. The molecule has 0 aliphatic heterocycles. The van der Waals surface area contributed by atoms with Gasteiger partial charge in [-0.25, -0.2) is 8.42 Å². The van der Waals surface area contributed by atoms with Crippen LogP contribution in [0.4, 0.5) is 0 Å². The van der Waals surface area contributed by atoms with Gasteiger partial charge in [0.05, 0.1) is 19.4 Å². The number of hydrogen-bond acceptors (Lipinski definition) is 5. The highest BCUT2D eigenvalue weighted by molar-refractivity contribution is 8.01. The van der Waals surface area contributed by atoms with Crippen LogP contribution in [0.1, 0.15) is 30.4 Å². The summed E-state index contributed by atoms with van der Waals surface area (Å²) in [7, 11) is -3.46. The van der Waals surface area contributed by atoms with E-state index in [2.05, 4.69) is 0 Å². The van der Waals surface area contributed by atoms with E-state index < -0.39 is 15.1 Å². The molecule has 0 N–H and O–H groups in total. The van der Waals surface area contributed by atoms with Crippen molar-refractivity contribution in [3.8, 4) is 0 Å². The Labute approximate surface area is 114 Å². The number of thioether (sulfide) groups is 1. The number of Topliss-reactive ketones (excluding diaryl/α,β-unsaturated/α-hetero) is 1. The van der Waals surface area contributed by atoms with Crippen molar-refractivity contribution in [1.82, 2.24) is 0 Å². The van der Waals surface area contributed by atoms with Crippen molar-refractivity contribution in [3.05, 3.63) is 9.90 Å². The number of hydrogen-bond donors (Lipinski definition) is 0. The molecule has 1 rings (SSSR count). The number of thiophene rings is 1. The zero-order chi connectivity index (χ0) is 13.4. The van der Waals surface area contributed by atoms with E-state index in [0.717, 1.165) is 11.3 Å². The van der Waals surface area contributed by atoms with Crippen molar-refractivity contribution in [3.63, 3.8) is 0 Å². The van der Waals surface area contributed by atoms with Crippen molar-refractivity contribution in [1.29, 1.82) is 0 Å². The van der Waals surface area contributed by atoms with Gasteiger partial charge in [-0.15, -0.1) is 23.1 Å². The van der Waals surface area contributed by atoms with Crippen LogP contribution in [-0.2, 0) is 9.84 Å². The van der Waals surface area contributed by atoms with Gasteiger partial charge in [-0.05, 0) is 20.1 Å². The molecular formula is C10H13ClO3S3. The third-order valence-electron chi connectivity index (χ3n) is 2.19. The Kier molecular flexibility index (Phi) is 4.68. The molecule has 7 heteroatoms. The van der Waals surface area contributed by atoms with Crippen LogP contribution < -0.4 is 0 Å². The van der Waals surface area contributed by atoms with E-state index in [4.69, 9.17) is 11.6 Å². The predicted molar refractivity (Wildman–Crippen MR) is 73.4 cm³/mol. The zero-order valence-electron chi connectivity index (χ0n) is 9.90. The fraction of sp³-hybridized carbons (Fsp3) is 0.500. The van der Waals surface area contributed by atoms with Crippen LogP contribution in [0.25, 0.3) is 0 Å². The molecule has 0 radical (unpaired) electrons. The number of halogens is 1. The number of ketones is 1. The predicted octanol–water partition coefficient (Wildman–Crippen LogP) is 3.51. The van der Waals surface area contributed by atoms with Gasteiger partial charge >= 0.3 is 0 Å². The summed E-state index contributed by atoms with van der Waals surface area (Å²) in [5, 5.41) is -0.485. The first-order valence-electron chi connectivity index (χ1n) is 4.84. The topological polar surface area (TPSA) is 51.2 Å². The fourth-order valence-corrected chi connectivity index (χ4v) is 5.77. The Bertz CT molecular complexity index is 543. The van der Waals surface area contributed by atoms with Gasteiger partial charge in [0.2, 0.25) is 0 Å². The van der Waals surface area contributed by atoms with Crippen LogP contribution in [0.5, 0.6) is 0 Å². The lowest BCUT2D eigenvalue weighted by Gasteiger charge is -2.08. The van der Waals surface area contributed by atoms with Crippen LogP contribution in [-0.4, -0.2) is 25.7 Å². The highest BCUT2D eigenvalue weighted by Gasteiger charge is 2.30. The van der Waals surface area contributed by atoms with Crippen LogP contribution in [0.2, 0.25) is 5.02 Å². The summed E-state index contributed by atoms with van der Waals surface area (Å²) in [5.41, 5.74) is 0. The van der Waals surface area contributed by atoms with Gasteiger partial charge in [0.15, 0.2) is 15.6 Å². The first-order valence-corrected chi connectivity index (χ1v) is 8.81. The van der Waals surface area contributed by atoms with Crippen molar-refractivity contribution in [2.24, 2.45) is 0 Å². The molecule has 0 atom stereocenters. The third kappa shape index (κ3) is 2.70. The monoisotopic (exact) mass is 312 g/mol. The maximum Gasteiger partial charge on any atom is 0.184 e. The molecule has 0 saturated heterocycles. The van der Waals surface area contributed by atoms with Gasteiger partial charge in [0.25, 0.3) is 0 Å². The molecule has 1 heterocycles. The second-order valence-electron chi connectivity index (χ2n) is 3.72. The van der Waals surface area contributed by atoms with E-state index in [-0.39, 0.29) is 15.7 Å². The van der Waals surface area contributed by atoms with Crippen LogP contribution in [0.15, 0.2) is 9.10 Å². The molecule has 0 fully saturated rings. The second kappa shape index (κ2) is 5.30. The fourth-order valence-electron chi connectivity index (χ4n) is 1.21. The summed E-state index contributed by atoms with van der Waals surface area (Å²) in [5.74, 6) is -0.208. The number of sulfone groups is 1. The van der Waals surface area contributed by atoms with Crippen LogP contribution in [0, 0.1) is 0 Å². The Morgan fingerprint density at radius 2 is 1.94 bits per heavy atom. The largest absolute Gasteiger partial charge is 0.294 e. The van der Waals surface area contributed by atoms with Crippen molar-refractivity contribution in [2.45, 2.75) is 35.1 Å². The van der Waals surface area contributed by atoms with Gasteiger partial charge in [0.1, 0.15) is 4.90 Å². The molecule has 0 saturated carbocycles. The van der Waals surface area contributed by atoms with Gasteiger partial charge in [0, 0.05) is 6.92 Å². The number of carbonyl (C=O) groups excluding carboxylic acids is 1. The van der Waals surface area contributed by atoms with Crippen LogP contribution in [0.3, 0.4) is 0 Å². The smallest absolute Gasteiger partial charge is 0.184 e. The second-order valence-corrected chi connectivity index (χ2v) is 8.63. The summed E-state index contributed by atoms with van der Waals surface area (Å²) >= 11 is 8.46. The number of carbonyl (C=O) groups is 1. The van der Waals surface area contributed by atoms with Crippen molar-refractivity contribution >= 4 is 50.3 Å². The molecule has 0 spiro atoms. The van der Waals surface area contributed by atoms with Crippen LogP contribution >= 0.6 is 34.7 Å². The Balaban J connectivity index is 3.59. The first-order chi connectivity index (χ1) is 7.73. The minimum atomic E-state index is -3.46. The van der Waals surface area contributed by atoms with E-state index in [1.54, 1.807) is 20.1 Å². The normalized spacial score (nSPS) is 12.1. The maximum atomic E-state index is 12.2. The van der Waals surface area contributed by atoms with E-state index in [1.807, 2.05) is 0 Å². The molecule has 0 aliphatic rings. The van der Waals surface area contributed by atoms with E-state index in [9.17, 15) is 13.2 Å². The molecule has 0 aromatic carbocycles. The molecule has 17 heavy (non-hydrogen) atoms. The van der Waals surface area contributed by atoms with Crippen molar-refractivity contribution < 1.29 is 13.2 Å². The van der Waals surface area contributed by atoms with Gasteiger partial charge in [-0.1, -0.05) is 11.6 Å². The standard InChI is InChI=1S/C10H13ClO3S3/c1-5(2)17(13,14)9-7(11)8(6(3)12)16-10(9)15-4/h5H,1-4H3. The summed E-state index contributed by atoms with van der Waals surface area (Å²) in [6.45, 7) is 4.58. The molecule has 1 aromatic rings. The zero-order valence-corrected chi connectivity index (χ0v) is 13.1. The highest BCUT2D eigenvalue weighted by Crippen LogP contribution is 2.42. The first kappa shape index (κ1) is 15.0. The lowest BCUT2D eigenvalue weighted by molar-refractivity contribution is 0.102. The summed E-state index contributed by atoms with van der Waals surface area (Å²) < 4.78 is 24.9. The maximum absolute atomic E-state index is 12.2. The Morgan fingerprint density at radius 1 is 1.41 bits per heavy atom. The molecule has 96 valence electrons. The minimum absolute atomic E-state index is 0.0700. The Hall–Kier alpha value is -0.0400. The lowest BCUT2D eigenvalue weighted by Crippen LogP contribution is -2.14. The summed E-state index contributed by atoms with van der Waals surface area (Å²) in [6.07, 6.45) is 1.77. The summed E-state index contributed by atoms with van der Waals surface area (Å²) in [4.78, 5) is 11.8. The number of rotatable bonds is 4. The van der Waals surface area contributed by atoms with Crippen molar-refractivity contribution in [2.75, 3.05) is 6.26 Å². The lowest BCUT2D eigenvalue weighted by atomic mass is 10.3. The third-order valence-corrected chi connectivity index (χ3v) is 7.68. The molecule has 0 bridgehead atoms. The van der Waals surface area contributed by atoms with E-state index >= 15 is 0 Å². The van der Waals surface area contributed by atoms with Gasteiger partial charge in [-0.2, -0.15) is 0 Å². The van der Waals surface area contributed by atoms with E-state index in [1.165, 1.54) is 18.7 Å². The molecule has 0 unspecified atom stereocenters. The Morgan fingerprint density at radius 3 is 2.29 bits per heavy atom. The molecule has 3 nitrogen and oxygen atoms in total. The molecule has 0 aliphatic carbocycles. The average molecular weight is 313 g/mol. The quantitative estimate of drug-likeness (QED) is 0.630. The van der Waals surface area contributed by atoms with Gasteiger partial charge in [-0.3, -0.25) is 4.79 Å². The average Bonchev–Trinajstić information content (AvgIpc) is 2.55. The molecular weight excluding hydrogens is 300 g/mol. The van der Waals surface area contributed by atoms with Gasteiger partial charge < -0.3 is 0 Å². The minimum Gasteiger partial charge on any atom is -0.294 e. The molecule has 0 amide bonds. The van der Waals surface area contributed by atoms with E-state index in [0.29, 0.717) is 9.09 Å². The molecule has 1 aromatic heterocycles. The summed E-state index contributed by atoms with van der Waals surface area (Å²) in [6, 6.07) is 0.